The third-order valence-electron chi connectivity index (χ3n) is 5.81. The van der Waals surface area contributed by atoms with Crippen LogP contribution in [0.4, 0.5) is 0 Å². The van der Waals surface area contributed by atoms with Gasteiger partial charge in [0.25, 0.3) is 0 Å². The van der Waals surface area contributed by atoms with E-state index in [1.807, 2.05) is 0 Å². The van der Waals surface area contributed by atoms with Crippen LogP contribution in [0, 0.1) is 5.41 Å². The minimum absolute atomic E-state index is 0. The van der Waals surface area contributed by atoms with Crippen molar-refractivity contribution in [3.05, 3.63) is 0 Å². The maximum atomic E-state index is 4.96. The van der Waals surface area contributed by atoms with Gasteiger partial charge in [-0.2, -0.15) is 0 Å². The number of nitrogens with zero attached hydrogens (tertiary/aromatic N) is 3. The second-order valence-corrected chi connectivity index (χ2v) is 8.11. The molecule has 0 amide bonds. The Bertz CT molecular complexity index is 386. The van der Waals surface area contributed by atoms with Gasteiger partial charge in [-0.05, 0) is 59.5 Å². The van der Waals surface area contributed by atoms with Crippen LogP contribution in [-0.2, 0) is 0 Å². The van der Waals surface area contributed by atoms with Gasteiger partial charge in [-0.3, -0.25) is 4.99 Å². The molecule has 0 aromatic carbocycles. The largest absolute Gasteiger partial charge is 0.357 e. The third kappa shape index (κ3) is 5.48. The molecule has 1 N–H and O–H groups in total. The number of likely N-dealkylation sites (tertiary alicyclic amines) is 1. The van der Waals surface area contributed by atoms with E-state index >= 15 is 0 Å². The molecule has 1 aliphatic heterocycles. The summed E-state index contributed by atoms with van der Waals surface area (Å²) in [7, 11) is 4.27. The van der Waals surface area contributed by atoms with Gasteiger partial charge in [0.1, 0.15) is 0 Å². The highest BCUT2D eigenvalue weighted by Gasteiger charge is 2.39. The van der Waals surface area contributed by atoms with Gasteiger partial charge in [-0.25, -0.2) is 0 Å². The molecule has 1 spiro atoms. The summed E-state index contributed by atoms with van der Waals surface area (Å²) in [5.74, 6) is 1.12. The van der Waals surface area contributed by atoms with Crippen molar-refractivity contribution in [2.24, 2.45) is 10.4 Å². The summed E-state index contributed by atoms with van der Waals surface area (Å²) in [4.78, 5) is 9.73. The van der Waals surface area contributed by atoms with E-state index in [1.165, 1.54) is 51.6 Å². The van der Waals surface area contributed by atoms with Crippen LogP contribution in [0.5, 0.6) is 0 Å². The van der Waals surface area contributed by atoms with Gasteiger partial charge in [0, 0.05) is 25.2 Å². The third-order valence-corrected chi connectivity index (χ3v) is 5.81. The number of hydrogen-bond donors (Lipinski definition) is 1. The summed E-state index contributed by atoms with van der Waals surface area (Å²) >= 11 is 0. The zero-order chi connectivity index (χ0) is 16.2. The molecule has 1 saturated carbocycles. The summed E-state index contributed by atoms with van der Waals surface area (Å²) in [6, 6.07) is 0. The van der Waals surface area contributed by atoms with Gasteiger partial charge < -0.3 is 15.1 Å². The molecule has 5 heteroatoms. The fourth-order valence-electron chi connectivity index (χ4n) is 3.66. The lowest BCUT2D eigenvalue weighted by Crippen LogP contribution is -2.45. The number of halogens is 1. The van der Waals surface area contributed by atoms with Crippen molar-refractivity contribution in [1.82, 2.24) is 15.1 Å². The molecule has 0 aromatic rings. The molecule has 1 aliphatic carbocycles. The molecule has 2 aliphatic rings. The van der Waals surface area contributed by atoms with E-state index < -0.39 is 0 Å². The van der Waals surface area contributed by atoms with Gasteiger partial charge in [0.05, 0.1) is 6.54 Å². The van der Waals surface area contributed by atoms with Crippen LogP contribution in [0.15, 0.2) is 4.99 Å². The fraction of sp³-hybridized carbons (Fsp3) is 0.944. The standard InChI is InChI=1S/C18H36N4.HI/c1-6-19-16(20-14-17(2,3)21(4)5)22-13-12-18(15-22)10-8-7-9-11-18;/h6-15H2,1-5H3,(H,19,20);1H. The van der Waals surface area contributed by atoms with E-state index in [9.17, 15) is 0 Å². The van der Waals surface area contributed by atoms with Crippen molar-refractivity contribution < 1.29 is 0 Å². The summed E-state index contributed by atoms with van der Waals surface area (Å²) in [6.45, 7) is 10.9. The molecule has 0 aromatic heterocycles. The van der Waals surface area contributed by atoms with Crippen LogP contribution in [0.25, 0.3) is 0 Å². The number of aliphatic imine (C=N–C) groups is 1. The fourth-order valence-corrected chi connectivity index (χ4v) is 3.66. The van der Waals surface area contributed by atoms with Crippen molar-refractivity contribution in [3.63, 3.8) is 0 Å². The molecule has 0 radical (unpaired) electrons. The Kier molecular flexibility index (Phi) is 8.11. The summed E-state index contributed by atoms with van der Waals surface area (Å²) in [5.41, 5.74) is 0.689. The Morgan fingerprint density at radius 1 is 1.17 bits per heavy atom. The maximum absolute atomic E-state index is 4.96. The Morgan fingerprint density at radius 2 is 1.83 bits per heavy atom. The Morgan fingerprint density at radius 3 is 2.39 bits per heavy atom. The van der Waals surface area contributed by atoms with Gasteiger partial charge in [-0.15, -0.1) is 24.0 Å². The SMILES string of the molecule is CCNC(=NCC(C)(C)N(C)C)N1CCC2(CCCCC2)C1.I. The number of hydrogen-bond acceptors (Lipinski definition) is 2. The molecule has 2 rings (SSSR count). The predicted octanol–water partition coefficient (Wildman–Crippen LogP) is 3.57. The normalized spacial score (nSPS) is 21.7. The molecule has 1 heterocycles. The van der Waals surface area contributed by atoms with Gasteiger partial charge >= 0.3 is 0 Å². The van der Waals surface area contributed by atoms with Crippen molar-refractivity contribution >= 4 is 29.9 Å². The maximum Gasteiger partial charge on any atom is 0.193 e. The molecule has 23 heavy (non-hydrogen) atoms. The zero-order valence-corrected chi connectivity index (χ0v) is 18.2. The lowest BCUT2D eigenvalue weighted by atomic mass is 9.73. The second-order valence-electron chi connectivity index (χ2n) is 8.11. The molecule has 1 saturated heterocycles. The molecule has 0 bridgehead atoms. The number of rotatable bonds is 4. The Balaban J connectivity index is 0.00000264. The van der Waals surface area contributed by atoms with Gasteiger partial charge in [0.2, 0.25) is 0 Å². The first kappa shape index (κ1) is 21.0. The van der Waals surface area contributed by atoms with E-state index in [0.29, 0.717) is 5.41 Å². The van der Waals surface area contributed by atoms with Crippen molar-refractivity contribution in [1.29, 1.82) is 0 Å². The van der Waals surface area contributed by atoms with Crippen LogP contribution < -0.4 is 5.32 Å². The zero-order valence-electron chi connectivity index (χ0n) is 15.8. The highest BCUT2D eigenvalue weighted by molar-refractivity contribution is 14.0. The Hall–Kier alpha value is -0.0400. The van der Waals surface area contributed by atoms with E-state index in [0.717, 1.165) is 19.0 Å². The predicted molar refractivity (Wildman–Crippen MR) is 111 cm³/mol. The highest BCUT2D eigenvalue weighted by Crippen LogP contribution is 2.43. The van der Waals surface area contributed by atoms with E-state index in [1.54, 1.807) is 0 Å². The topological polar surface area (TPSA) is 30.9 Å². The first-order chi connectivity index (χ1) is 10.4. The summed E-state index contributed by atoms with van der Waals surface area (Å²) in [6.07, 6.45) is 8.49. The van der Waals surface area contributed by atoms with Gasteiger partial charge in [0.15, 0.2) is 5.96 Å². The lowest BCUT2D eigenvalue weighted by Gasteiger charge is -2.34. The molecule has 0 unspecified atom stereocenters. The van der Waals surface area contributed by atoms with Crippen LogP contribution in [0.3, 0.4) is 0 Å². The molecule has 136 valence electrons. The van der Waals surface area contributed by atoms with Crippen LogP contribution in [0.2, 0.25) is 0 Å². The summed E-state index contributed by atoms with van der Waals surface area (Å²) in [5, 5.41) is 3.52. The van der Waals surface area contributed by atoms with E-state index in [2.05, 4.69) is 50.0 Å². The van der Waals surface area contributed by atoms with Crippen molar-refractivity contribution in [2.45, 2.75) is 64.8 Å². The average Bonchev–Trinajstić information content (AvgIpc) is 2.87. The van der Waals surface area contributed by atoms with Crippen molar-refractivity contribution in [2.75, 3.05) is 40.3 Å². The van der Waals surface area contributed by atoms with Crippen molar-refractivity contribution in [3.8, 4) is 0 Å². The second kappa shape index (κ2) is 8.88. The minimum atomic E-state index is 0. The lowest BCUT2D eigenvalue weighted by molar-refractivity contribution is 0.199. The van der Waals surface area contributed by atoms with Crippen LogP contribution in [-0.4, -0.2) is 61.6 Å². The first-order valence-electron chi connectivity index (χ1n) is 9.09. The summed E-state index contributed by atoms with van der Waals surface area (Å²) < 4.78 is 0. The van der Waals surface area contributed by atoms with Crippen LogP contribution in [0.1, 0.15) is 59.3 Å². The monoisotopic (exact) mass is 436 g/mol. The molecule has 2 fully saturated rings. The minimum Gasteiger partial charge on any atom is -0.357 e. The highest BCUT2D eigenvalue weighted by atomic mass is 127. The number of guanidine groups is 1. The van der Waals surface area contributed by atoms with E-state index in [4.69, 9.17) is 4.99 Å². The molecular formula is C18H37IN4. The molecular weight excluding hydrogens is 399 g/mol. The quantitative estimate of drug-likeness (QED) is 0.415. The first-order valence-corrected chi connectivity index (χ1v) is 9.09. The smallest absolute Gasteiger partial charge is 0.193 e. The van der Waals surface area contributed by atoms with Crippen LogP contribution >= 0.6 is 24.0 Å². The Labute approximate surface area is 160 Å². The number of nitrogens with one attached hydrogen (secondary N) is 1. The molecule has 4 nitrogen and oxygen atoms in total. The molecule has 0 atom stereocenters. The van der Waals surface area contributed by atoms with Gasteiger partial charge in [-0.1, -0.05) is 19.3 Å². The number of likely N-dealkylation sites (N-methyl/N-ethyl adjacent to an activating group) is 1. The average molecular weight is 436 g/mol. The van der Waals surface area contributed by atoms with E-state index in [-0.39, 0.29) is 29.5 Å².